The van der Waals surface area contributed by atoms with E-state index >= 15 is 0 Å². The number of nitrogens with one attached hydrogen (secondary N) is 1. The Morgan fingerprint density at radius 1 is 1.00 bits per heavy atom. The quantitative estimate of drug-likeness (QED) is 0.749. The van der Waals surface area contributed by atoms with Crippen LogP contribution in [0.5, 0.6) is 0 Å². The lowest BCUT2D eigenvalue weighted by Gasteiger charge is -2.57. The van der Waals surface area contributed by atoms with Gasteiger partial charge in [-0.15, -0.1) is 0 Å². The minimum Gasteiger partial charge on any atom is -0.311 e. The summed E-state index contributed by atoms with van der Waals surface area (Å²) in [5.74, 6) is 4.04. The average molecular weight is 207 g/mol. The molecule has 1 heteroatoms. The van der Waals surface area contributed by atoms with E-state index in [1.807, 2.05) is 0 Å². The van der Waals surface area contributed by atoms with Crippen LogP contribution in [0, 0.1) is 23.7 Å². The maximum absolute atomic E-state index is 3.93. The van der Waals surface area contributed by atoms with Crippen LogP contribution in [-0.4, -0.2) is 12.1 Å². The lowest BCUT2D eigenvalue weighted by Crippen LogP contribution is -2.58. The first-order chi connectivity index (χ1) is 7.15. The summed E-state index contributed by atoms with van der Waals surface area (Å²) in [6, 6.07) is 0. The lowest BCUT2D eigenvalue weighted by atomic mass is 9.53. The van der Waals surface area contributed by atoms with Crippen molar-refractivity contribution in [3.05, 3.63) is 0 Å². The Hall–Kier alpha value is -0.0400. The average Bonchev–Trinajstić information content (AvgIpc) is 2.12. The SMILES string of the molecule is CC(C)CNC12CC3CC(CC(C3)C1)C2. The van der Waals surface area contributed by atoms with Gasteiger partial charge in [-0.25, -0.2) is 0 Å². The second-order valence-corrected chi connectivity index (χ2v) is 6.97. The Labute approximate surface area is 94.0 Å². The molecule has 4 bridgehead atoms. The van der Waals surface area contributed by atoms with Crippen molar-refractivity contribution in [1.29, 1.82) is 0 Å². The van der Waals surface area contributed by atoms with Gasteiger partial charge in [0.1, 0.15) is 0 Å². The second-order valence-electron chi connectivity index (χ2n) is 6.97. The van der Waals surface area contributed by atoms with Crippen molar-refractivity contribution in [3.8, 4) is 0 Å². The molecule has 0 heterocycles. The van der Waals surface area contributed by atoms with E-state index in [9.17, 15) is 0 Å². The highest BCUT2D eigenvalue weighted by Gasteiger charge is 2.50. The van der Waals surface area contributed by atoms with Crippen LogP contribution in [0.15, 0.2) is 0 Å². The molecule has 0 spiro atoms. The fourth-order valence-corrected chi connectivity index (χ4v) is 4.75. The van der Waals surface area contributed by atoms with Crippen molar-refractivity contribution in [2.24, 2.45) is 23.7 Å². The van der Waals surface area contributed by atoms with Crippen LogP contribution >= 0.6 is 0 Å². The molecule has 0 radical (unpaired) electrons. The summed E-state index contributed by atoms with van der Waals surface area (Å²) >= 11 is 0. The zero-order valence-electron chi connectivity index (χ0n) is 10.3. The first-order valence-corrected chi connectivity index (χ1v) is 6.90. The van der Waals surface area contributed by atoms with E-state index in [-0.39, 0.29) is 0 Å². The molecule has 0 amide bonds. The minimum atomic E-state index is 0.582. The van der Waals surface area contributed by atoms with E-state index in [4.69, 9.17) is 0 Å². The zero-order chi connectivity index (χ0) is 10.5. The Bertz CT molecular complexity index is 208. The number of hydrogen-bond donors (Lipinski definition) is 1. The topological polar surface area (TPSA) is 12.0 Å². The highest BCUT2D eigenvalue weighted by Crippen LogP contribution is 2.55. The van der Waals surface area contributed by atoms with Crippen molar-refractivity contribution in [2.75, 3.05) is 6.54 Å². The summed E-state index contributed by atoms with van der Waals surface area (Å²) in [6.45, 7) is 5.88. The van der Waals surface area contributed by atoms with Gasteiger partial charge in [0.25, 0.3) is 0 Å². The normalized spacial score (nSPS) is 47.8. The van der Waals surface area contributed by atoms with Gasteiger partial charge in [-0.05, 0) is 68.7 Å². The van der Waals surface area contributed by atoms with E-state index in [1.165, 1.54) is 25.8 Å². The van der Waals surface area contributed by atoms with Crippen LogP contribution in [0.4, 0.5) is 0 Å². The first kappa shape index (κ1) is 10.1. The minimum absolute atomic E-state index is 0.582. The summed E-state index contributed by atoms with van der Waals surface area (Å²) in [7, 11) is 0. The Morgan fingerprint density at radius 2 is 1.47 bits per heavy atom. The van der Waals surface area contributed by atoms with Gasteiger partial charge in [0.15, 0.2) is 0 Å². The molecule has 4 aliphatic carbocycles. The fraction of sp³-hybridized carbons (Fsp3) is 1.00. The maximum Gasteiger partial charge on any atom is 0.0189 e. The smallest absolute Gasteiger partial charge is 0.0189 e. The Balaban J connectivity index is 1.70. The van der Waals surface area contributed by atoms with Crippen molar-refractivity contribution < 1.29 is 0 Å². The van der Waals surface area contributed by atoms with Crippen LogP contribution in [0.3, 0.4) is 0 Å². The monoisotopic (exact) mass is 207 g/mol. The summed E-state index contributed by atoms with van der Waals surface area (Å²) < 4.78 is 0. The molecule has 0 unspecified atom stereocenters. The van der Waals surface area contributed by atoms with Gasteiger partial charge in [0, 0.05) is 5.54 Å². The largest absolute Gasteiger partial charge is 0.311 e. The molecule has 0 atom stereocenters. The first-order valence-electron chi connectivity index (χ1n) is 6.90. The third-order valence-corrected chi connectivity index (χ3v) is 4.92. The predicted molar refractivity (Wildman–Crippen MR) is 63.7 cm³/mol. The molecule has 0 aliphatic heterocycles. The molecule has 0 saturated heterocycles. The third-order valence-electron chi connectivity index (χ3n) is 4.92. The highest BCUT2D eigenvalue weighted by molar-refractivity contribution is 5.06. The van der Waals surface area contributed by atoms with Crippen molar-refractivity contribution in [1.82, 2.24) is 5.32 Å². The lowest BCUT2D eigenvalue weighted by molar-refractivity contribution is -0.0207. The van der Waals surface area contributed by atoms with E-state index in [1.54, 1.807) is 19.3 Å². The molecule has 1 N–H and O–H groups in total. The Morgan fingerprint density at radius 3 is 1.87 bits per heavy atom. The summed E-state index contributed by atoms with van der Waals surface area (Å²) in [5, 5.41) is 3.93. The molecule has 4 rings (SSSR count). The van der Waals surface area contributed by atoms with E-state index in [0.29, 0.717) is 5.54 Å². The van der Waals surface area contributed by atoms with Crippen LogP contribution in [-0.2, 0) is 0 Å². The van der Waals surface area contributed by atoms with Crippen LogP contribution in [0.1, 0.15) is 52.4 Å². The third kappa shape index (κ3) is 1.84. The van der Waals surface area contributed by atoms with Gasteiger partial charge in [0.05, 0.1) is 0 Å². The van der Waals surface area contributed by atoms with Gasteiger partial charge in [-0.3, -0.25) is 0 Å². The molecular formula is C14H25N. The van der Waals surface area contributed by atoms with Gasteiger partial charge in [-0.2, -0.15) is 0 Å². The van der Waals surface area contributed by atoms with Crippen molar-refractivity contribution >= 4 is 0 Å². The summed E-state index contributed by atoms with van der Waals surface area (Å²) in [4.78, 5) is 0. The Kier molecular flexibility index (Phi) is 2.35. The van der Waals surface area contributed by atoms with Crippen molar-refractivity contribution in [3.63, 3.8) is 0 Å². The molecule has 0 aromatic carbocycles. The molecule has 15 heavy (non-hydrogen) atoms. The molecule has 86 valence electrons. The molecule has 1 nitrogen and oxygen atoms in total. The van der Waals surface area contributed by atoms with E-state index in [2.05, 4.69) is 19.2 Å². The standard InChI is InChI=1S/C14H25N/c1-10(2)9-15-14-6-11-3-12(7-14)5-13(4-11)8-14/h10-13,15H,3-9H2,1-2H3. The maximum atomic E-state index is 3.93. The van der Waals surface area contributed by atoms with E-state index < -0.39 is 0 Å². The fourth-order valence-electron chi connectivity index (χ4n) is 4.75. The van der Waals surface area contributed by atoms with Gasteiger partial charge < -0.3 is 5.32 Å². The molecule has 0 aromatic heterocycles. The molecule has 4 aliphatic rings. The van der Waals surface area contributed by atoms with E-state index in [0.717, 1.165) is 23.7 Å². The van der Waals surface area contributed by atoms with Crippen LogP contribution < -0.4 is 5.32 Å². The molecule has 4 fully saturated rings. The van der Waals surface area contributed by atoms with Crippen molar-refractivity contribution in [2.45, 2.75) is 57.9 Å². The molecule has 0 aromatic rings. The molecular weight excluding hydrogens is 182 g/mol. The number of rotatable bonds is 3. The number of hydrogen-bond acceptors (Lipinski definition) is 1. The highest BCUT2D eigenvalue weighted by atomic mass is 15.0. The van der Waals surface area contributed by atoms with Crippen LogP contribution in [0.25, 0.3) is 0 Å². The van der Waals surface area contributed by atoms with Gasteiger partial charge in [0.2, 0.25) is 0 Å². The van der Waals surface area contributed by atoms with Gasteiger partial charge in [-0.1, -0.05) is 13.8 Å². The second kappa shape index (κ2) is 3.48. The summed E-state index contributed by atoms with van der Waals surface area (Å²) in [6.07, 6.45) is 9.15. The predicted octanol–water partition coefficient (Wildman–Crippen LogP) is 3.20. The van der Waals surface area contributed by atoms with Crippen LogP contribution in [0.2, 0.25) is 0 Å². The zero-order valence-corrected chi connectivity index (χ0v) is 10.3. The van der Waals surface area contributed by atoms with Gasteiger partial charge >= 0.3 is 0 Å². The summed E-state index contributed by atoms with van der Waals surface area (Å²) in [5.41, 5.74) is 0.582. The molecule has 4 saturated carbocycles.